The number of aromatic nitrogens is 4. The van der Waals surface area contributed by atoms with Crippen LogP contribution in [-0.4, -0.2) is 58.8 Å². The normalized spacial score (nSPS) is 12.1. The highest BCUT2D eigenvalue weighted by Crippen LogP contribution is 2.44. The molecule has 18 heteroatoms. The van der Waals surface area contributed by atoms with Crippen LogP contribution in [0.4, 0.5) is 11.4 Å². The highest BCUT2D eigenvalue weighted by Gasteiger charge is 2.36. The first-order valence-corrected chi connectivity index (χ1v) is 32.8. The van der Waals surface area contributed by atoms with Gasteiger partial charge in [0.25, 0.3) is 22.9 Å². The molecular weight excluding hydrogens is 1250 g/mol. The van der Waals surface area contributed by atoms with Crippen LogP contribution in [0.2, 0.25) is 20.1 Å². The standard InChI is InChI=1S/C75H82Cl4N6O8/c1-15-72(5,6)47-28-34-59(53(36-47)74(9,10)17-3)92-42-61(86)80-49-30-24-45(25-31-49)66-64(70(88)84(82-66)68-55(76)38-51(90-13)39-56(68)77)63(44-22-20-19-21-23-44)65-67(83-85(71(65)89)69-57(78)40-52(91-14)41-58(69)79)46-26-32-50(33-27-46)81-62(87)43-93-60-35-29-48(73(7,8)16-2)37-54(60)75(11,12)18-4/h19-41,63,82-83H,15-18,42-43H2,1-14H3,(H,80,86)(H,81,87). The quantitative estimate of drug-likeness (QED) is 0.0438. The molecule has 488 valence electrons. The molecule has 0 unspecified atom stereocenters. The van der Waals surface area contributed by atoms with Crippen molar-refractivity contribution >= 4 is 69.6 Å². The van der Waals surface area contributed by atoms with Gasteiger partial charge in [0.2, 0.25) is 0 Å². The van der Waals surface area contributed by atoms with E-state index in [0.717, 1.165) is 36.8 Å². The van der Waals surface area contributed by atoms with Crippen LogP contribution in [0.15, 0.2) is 149 Å². The fraction of sp³-hybridized carbons (Fsp3) is 0.333. The van der Waals surface area contributed by atoms with E-state index in [1.54, 1.807) is 72.8 Å². The molecule has 0 saturated carbocycles. The molecule has 2 amide bonds. The Hall–Kier alpha value is -8.14. The number of nitrogens with zero attached hydrogens (tertiary/aromatic N) is 2. The average Bonchev–Trinajstić information content (AvgIpc) is 1.59. The van der Waals surface area contributed by atoms with Gasteiger partial charge >= 0.3 is 0 Å². The molecule has 9 aromatic rings. The second kappa shape index (κ2) is 28.2. The zero-order valence-electron chi connectivity index (χ0n) is 55.3. The summed E-state index contributed by atoms with van der Waals surface area (Å²) in [4.78, 5) is 59.5. The first-order chi connectivity index (χ1) is 44.1. The van der Waals surface area contributed by atoms with Gasteiger partial charge in [-0.1, -0.05) is 208 Å². The maximum absolute atomic E-state index is 15.9. The van der Waals surface area contributed by atoms with Gasteiger partial charge in [-0.05, 0) is 100 Å². The van der Waals surface area contributed by atoms with Crippen LogP contribution < -0.4 is 40.7 Å². The van der Waals surface area contributed by atoms with Crippen molar-refractivity contribution in [1.82, 2.24) is 19.6 Å². The number of halogens is 4. The van der Waals surface area contributed by atoms with Crippen LogP contribution in [0.5, 0.6) is 23.0 Å². The number of carbonyl (C=O) groups is 2. The van der Waals surface area contributed by atoms with E-state index in [2.05, 4.69) is 128 Å². The Kier molecular flexibility index (Phi) is 21.0. The third-order valence-corrected chi connectivity index (χ3v) is 19.8. The Balaban J connectivity index is 1.14. The zero-order chi connectivity index (χ0) is 67.5. The summed E-state index contributed by atoms with van der Waals surface area (Å²) in [5.41, 5.74) is 6.17. The fourth-order valence-electron chi connectivity index (χ4n) is 11.2. The molecule has 0 bridgehead atoms. The average molecular weight is 1340 g/mol. The molecular formula is C75H82Cl4N6O8. The van der Waals surface area contributed by atoms with Crippen molar-refractivity contribution in [1.29, 1.82) is 0 Å². The van der Waals surface area contributed by atoms with Crippen LogP contribution in [0.1, 0.15) is 154 Å². The molecule has 0 aliphatic rings. The van der Waals surface area contributed by atoms with Crippen LogP contribution in [0.25, 0.3) is 33.9 Å². The Labute approximate surface area is 564 Å². The minimum atomic E-state index is -1.18. The van der Waals surface area contributed by atoms with Gasteiger partial charge in [0, 0.05) is 63.8 Å². The summed E-state index contributed by atoms with van der Waals surface area (Å²) in [5.74, 6) is 0.0434. The number of methoxy groups -OCH3 is 2. The second-order valence-corrected chi connectivity index (χ2v) is 27.6. The zero-order valence-corrected chi connectivity index (χ0v) is 58.3. The maximum atomic E-state index is 15.9. The summed E-state index contributed by atoms with van der Waals surface area (Å²) in [6.07, 6.45) is 3.64. The number of hydrogen-bond acceptors (Lipinski definition) is 8. The number of ether oxygens (including phenoxy) is 4. The van der Waals surface area contributed by atoms with Crippen molar-refractivity contribution in [2.75, 3.05) is 38.1 Å². The van der Waals surface area contributed by atoms with Crippen molar-refractivity contribution in [3.05, 3.63) is 219 Å². The van der Waals surface area contributed by atoms with E-state index in [4.69, 9.17) is 65.4 Å². The van der Waals surface area contributed by atoms with Gasteiger partial charge in [0.1, 0.15) is 34.4 Å². The highest BCUT2D eigenvalue weighted by molar-refractivity contribution is 6.38. The summed E-state index contributed by atoms with van der Waals surface area (Å²) in [7, 11) is 2.95. The number of anilines is 2. The van der Waals surface area contributed by atoms with Gasteiger partial charge in [0.05, 0.1) is 56.8 Å². The number of carbonyl (C=O) groups excluding carboxylic acids is 2. The van der Waals surface area contributed by atoms with Crippen LogP contribution >= 0.6 is 46.4 Å². The number of amides is 2. The summed E-state index contributed by atoms with van der Waals surface area (Å²) >= 11 is 28.1. The lowest BCUT2D eigenvalue weighted by atomic mass is 9.76. The van der Waals surface area contributed by atoms with Gasteiger partial charge in [-0.15, -0.1) is 0 Å². The third kappa shape index (κ3) is 14.6. The van der Waals surface area contributed by atoms with Crippen LogP contribution in [0, 0.1) is 0 Å². The molecule has 0 aliphatic carbocycles. The highest BCUT2D eigenvalue weighted by atomic mass is 35.5. The number of benzene rings is 7. The van der Waals surface area contributed by atoms with Crippen molar-refractivity contribution in [2.45, 2.75) is 136 Å². The smallest absolute Gasteiger partial charge is 0.276 e. The molecule has 93 heavy (non-hydrogen) atoms. The molecule has 0 atom stereocenters. The van der Waals surface area contributed by atoms with E-state index < -0.39 is 17.0 Å². The van der Waals surface area contributed by atoms with Gasteiger partial charge in [-0.2, -0.15) is 0 Å². The molecule has 0 saturated heterocycles. The first-order valence-electron chi connectivity index (χ1n) is 31.3. The predicted octanol–water partition coefficient (Wildman–Crippen LogP) is 18.6. The van der Waals surface area contributed by atoms with Crippen molar-refractivity contribution in [3.8, 4) is 56.9 Å². The molecule has 0 fully saturated rings. The maximum Gasteiger partial charge on any atom is 0.276 e. The van der Waals surface area contributed by atoms with Gasteiger partial charge < -0.3 is 29.6 Å². The Morgan fingerprint density at radius 3 is 1.14 bits per heavy atom. The molecule has 2 heterocycles. The molecule has 14 nitrogen and oxygen atoms in total. The monoisotopic (exact) mass is 1330 g/mol. The summed E-state index contributed by atoms with van der Waals surface area (Å²) in [5, 5.41) is 13.0. The molecule has 2 aromatic heterocycles. The topological polar surface area (TPSA) is 171 Å². The van der Waals surface area contributed by atoms with Gasteiger partial charge in [0.15, 0.2) is 13.2 Å². The molecule has 0 spiro atoms. The van der Waals surface area contributed by atoms with Crippen molar-refractivity contribution < 1.29 is 28.5 Å². The van der Waals surface area contributed by atoms with Crippen LogP contribution in [0.3, 0.4) is 0 Å². The number of aromatic amines is 2. The van der Waals surface area contributed by atoms with Crippen LogP contribution in [-0.2, 0) is 31.2 Å². The van der Waals surface area contributed by atoms with Crippen molar-refractivity contribution in [3.63, 3.8) is 0 Å². The Bertz CT molecular complexity index is 4030. The van der Waals surface area contributed by atoms with Gasteiger partial charge in [-0.25, -0.2) is 9.36 Å². The molecule has 0 radical (unpaired) electrons. The summed E-state index contributed by atoms with van der Waals surface area (Å²) in [6, 6.07) is 41.7. The SMILES string of the molecule is CCC(C)(C)c1ccc(OCC(=O)Nc2ccc(-c3[nH]n(-c4c(Cl)cc(OC)cc4Cl)c(=O)c3C(c3ccccc3)c3c(-c4ccc(NC(=O)COc5ccc(C(C)(C)CC)cc5C(C)(C)CC)cc4)[nH]n(-c4c(Cl)cc(OC)cc4Cl)c3=O)cc2)c(C(C)(C)CC)c1. The fourth-order valence-corrected chi connectivity index (χ4v) is 12.5. The third-order valence-electron chi connectivity index (χ3n) is 18.6. The van der Waals surface area contributed by atoms with E-state index >= 15 is 9.59 Å². The Morgan fingerprint density at radius 1 is 0.473 bits per heavy atom. The number of rotatable bonds is 25. The minimum absolute atomic E-state index is 0.0471. The molecule has 9 rings (SSSR count). The minimum Gasteiger partial charge on any atom is -0.497 e. The summed E-state index contributed by atoms with van der Waals surface area (Å²) in [6.45, 7) is 25.7. The van der Waals surface area contributed by atoms with E-state index in [-0.39, 0.29) is 101 Å². The summed E-state index contributed by atoms with van der Waals surface area (Å²) < 4.78 is 26.1. The van der Waals surface area contributed by atoms with E-state index in [0.29, 0.717) is 51.1 Å². The number of nitrogens with one attached hydrogen (secondary N) is 4. The van der Waals surface area contributed by atoms with E-state index in [9.17, 15) is 9.59 Å². The van der Waals surface area contributed by atoms with E-state index in [1.807, 2.05) is 42.5 Å². The van der Waals surface area contributed by atoms with Crippen molar-refractivity contribution in [2.24, 2.45) is 0 Å². The largest absolute Gasteiger partial charge is 0.497 e. The molecule has 7 aromatic carbocycles. The lowest BCUT2D eigenvalue weighted by Gasteiger charge is -2.30. The molecule has 4 N–H and O–H groups in total. The Morgan fingerprint density at radius 2 is 0.817 bits per heavy atom. The lowest BCUT2D eigenvalue weighted by molar-refractivity contribution is -0.118. The second-order valence-electron chi connectivity index (χ2n) is 26.0. The first kappa shape index (κ1) is 69.2. The predicted molar refractivity (Wildman–Crippen MR) is 379 cm³/mol. The molecule has 0 aliphatic heterocycles. The number of hydrogen-bond donors (Lipinski definition) is 4. The van der Waals surface area contributed by atoms with E-state index in [1.165, 1.54) is 34.7 Å². The number of H-pyrrole nitrogens is 2. The lowest BCUT2D eigenvalue weighted by Crippen LogP contribution is -2.25. The van der Waals surface area contributed by atoms with Gasteiger partial charge in [-0.3, -0.25) is 29.4 Å².